The van der Waals surface area contributed by atoms with Crippen LogP contribution in [0.2, 0.25) is 0 Å². The van der Waals surface area contributed by atoms with E-state index in [1.807, 2.05) is 0 Å². The number of carbonyl (C=O) groups is 1. The van der Waals surface area contributed by atoms with E-state index >= 15 is 0 Å². The van der Waals surface area contributed by atoms with Crippen LogP contribution in [0.5, 0.6) is 5.75 Å². The number of hydrogen-bond acceptors (Lipinski definition) is 4. The van der Waals surface area contributed by atoms with Gasteiger partial charge in [-0.3, -0.25) is 0 Å². The molecule has 0 saturated carbocycles. The first-order valence-corrected chi connectivity index (χ1v) is 5.84. The molecule has 0 radical (unpaired) electrons. The van der Waals surface area contributed by atoms with E-state index in [2.05, 4.69) is 0 Å². The summed E-state index contributed by atoms with van der Waals surface area (Å²) in [6.07, 6.45) is -0.318. The summed E-state index contributed by atoms with van der Waals surface area (Å²) in [5, 5.41) is 9.11. The number of ether oxygens (including phenoxy) is 2. The maximum Gasteiger partial charge on any atom is 0.347 e. The van der Waals surface area contributed by atoms with Crippen LogP contribution in [-0.4, -0.2) is 23.8 Å². The van der Waals surface area contributed by atoms with Crippen LogP contribution in [0.3, 0.4) is 0 Å². The molecule has 18 heavy (non-hydrogen) atoms. The van der Waals surface area contributed by atoms with Gasteiger partial charge in [-0.05, 0) is 31.5 Å². The maximum absolute atomic E-state index is 13.0. The molecule has 0 aliphatic heterocycles. The second kappa shape index (κ2) is 6.96. The second-order valence-electron chi connectivity index (χ2n) is 3.68. The summed E-state index contributed by atoms with van der Waals surface area (Å²) in [6, 6.07) is 3.78. The topological polar surface area (TPSA) is 55.8 Å². The van der Waals surface area contributed by atoms with Crippen molar-refractivity contribution in [3.8, 4) is 5.75 Å². The van der Waals surface area contributed by atoms with Gasteiger partial charge >= 0.3 is 5.97 Å². The summed E-state index contributed by atoms with van der Waals surface area (Å²) in [5.41, 5.74) is 0.303. The van der Waals surface area contributed by atoms with Gasteiger partial charge in [-0.2, -0.15) is 0 Å². The van der Waals surface area contributed by atoms with Crippen molar-refractivity contribution in [2.75, 3.05) is 6.61 Å². The number of hydrogen-bond donors (Lipinski definition) is 1. The number of halogens is 1. The Hall–Kier alpha value is -1.62. The van der Waals surface area contributed by atoms with Crippen molar-refractivity contribution in [1.29, 1.82) is 0 Å². The molecule has 0 aliphatic carbocycles. The third-order valence-electron chi connectivity index (χ3n) is 2.38. The van der Waals surface area contributed by atoms with Crippen molar-refractivity contribution in [1.82, 2.24) is 0 Å². The van der Waals surface area contributed by atoms with Crippen molar-refractivity contribution in [2.45, 2.75) is 33.0 Å². The van der Waals surface area contributed by atoms with Crippen LogP contribution in [0.25, 0.3) is 0 Å². The third-order valence-corrected chi connectivity index (χ3v) is 2.38. The molecular formula is C13H17FO4. The molecule has 1 aromatic rings. The summed E-state index contributed by atoms with van der Waals surface area (Å²) in [5.74, 6) is -0.636. The van der Waals surface area contributed by atoms with E-state index in [-0.39, 0.29) is 13.2 Å². The van der Waals surface area contributed by atoms with Crippen LogP contribution in [0.4, 0.5) is 4.39 Å². The number of carbonyl (C=O) groups excluding carboxylic acids is 1. The monoisotopic (exact) mass is 256 g/mol. The van der Waals surface area contributed by atoms with Gasteiger partial charge in [-0.1, -0.05) is 6.92 Å². The molecule has 0 amide bonds. The highest BCUT2D eigenvalue weighted by Gasteiger charge is 2.20. The number of benzene rings is 1. The molecule has 0 aliphatic rings. The molecule has 0 fully saturated rings. The summed E-state index contributed by atoms with van der Waals surface area (Å²) >= 11 is 0. The minimum absolute atomic E-state index is 0.273. The lowest BCUT2D eigenvalue weighted by Crippen LogP contribution is -2.29. The predicted octanol–water partition coefficient (Wildman–Crippen LogP) is 2.04. The third kappa shape index (κ3) is 3.70. The molecule has 0 spiro atoms. The van der Waals surface area contributed by atoms with Crippen molar-refractivity contribution in [3.05, 3.63) is 29.6 Å². The molecule has 100 valence electrons. The fraction of sp³-hybridized carbons (Fsp3) is 0.462. The Balaban J connectivity index is 2.84. The molecule has 0 saturated heterocycles. The molecule has 1 N–H and O–H groups in total. The number of rotatable bonds is 6. The fourth-order valence-electron chi connectivity index (χ4n) is 1.47. The molecule has 1 atom stereocenters. The SMILES string of the molecule is CCOC(=O)C(CC)Oc1ccc(F)cc1CO. The van der Waals surface area contributed by atoms with Crippen molar-refractivity contribution >= 4 is 5.97 Å². The van der Waals surface area contributed by atoms with Gasteiger partial charge in [-0.25, -0.2) is 9.18 Å². The number of esters is 1. The average molecular weight is 256 g/mol. The lowest BCUT2D eigenvalue weighted by molar-refractivity contribution is -0.151. The first-order chi connectivity index (χ1) is 8.62. The number of aliphatic hydroxyl groups is 1. The van der Waals surface area contributed by atoms with Crippen LogP contribution < -0.4 is 4.74 Å². The van der Waals surface area contributed by atoms with Crippen LogP contribution >= 0.6 is 0 Å². The Morgan fingerprint density at radius 3 is 2.72 bits per heavy atom. The van der Waals surface area contributed by atoms with E-state index in [1.165, 1.54) is 18.2 Å². The summed E-state index contributed by atoms with van der Waals surface area (Å²) in [4.78, 5) is 11.6. The molecule has 1 aromatic carbocycles. The second-order valence-corrected chi connectivity index (χ2v) is 3.68. The average Bonchev–Trinajstić information content (AvgIpc) is 2.37. The van der Waals surface area contributed by atoms with Crippen LogP contribution in [0.15, 0.2) is 18.2 Å². The van der Waals surface area contributed by atoms with E-state index in [0.29, 0.717) is 17.7 Å². The Labute approximate surface area is 105 Å². The molecule has 0 heterocycles. The molecule has 0 aromatic heterocycles. The lowest BCUT2D eigenvalue weighted by Gasteiger charge is -2.17. The van der Waals surface area contributed by atoms with Gasteiger partial charge in [0.1, 0.15) is 11.6 Å². The highest BCUT2D eigenvalue weighted by atomic mass is 19.1. The highest BCUT2D eigenvalue weighted by Crippen LogP contribution is 2.22. The van der Waals surface area contributed by atoms with E-state index in [1.54, 1.807) is 13.8 Å². The van der Waals surface area contributed by atoms with Gasteiger partial charge in [0, 0.05) is 5.56 Å². The van der Waals surface area contributed by atoms with Gasteiger partial charge < -0.3 is 14.6 Å². The van der Waals surface area contributed by atoms with E-state index in [4.69, 9.17) is 14.6 Å². The van der Waals surface area contributed by atoms with Gasteiger partial charge in [-0.15, -0.1) is 0 Å². The molecule has 5 heteroatoms. The van der Waals surface area contributed by atoms with Crippen LogP contribution in [0.1, 0.15) is 25.8 Å². The van der Waals surface area contributed by atoms with E-state index in [0.717, 1.165) is 0 Å². The highest BCUT2D eigenvalue weighted by molar-refractivity contribution is 5.75. The zero-order chi connectivity index (χ0) is 13.5. The van der Waals surface area contributed by atoms with Gasteiger partial charge in [0.05, 0.1) is 13.2 Å². The minimum atomic E-state index is -0.749. The van der Waals surface area contributed by atoms with Crippen molar-refractivity contribution in [2.24, 2.45) is 0 Å². The largest absolute Gasteiger partial charge is 0.478 e. The van der Waals surface area contributed by atoms with E-state index < -0.39 is 17.9 Å². The zero-order valence-corrected chi connectivity index (χ0v) is 10.5. The molecule has 0 bridgehead atoms. The molecular weight excluding hydrogens is 239 g/mol. The van der Waals surface area contributed by atoms with Crippen LogP contribution in [0, 0.1) is 5.82 Å². The minimum Gasteiger partial charge on any atom is -0.478 e. The Morgan fingerprint density at radius 2 is 2.17 bits per heavy atom. The lowest BCUT2D eigenvalue weighted by atomic mass is 10.2. The van der Waals surface area contributed by atoms with Gasteiger partial charge in [0.15, 0.2) is 6.10 Å². The normalized spacial score (nSPS) is 12.0. The Bertz CT molecular complexity index is 406. The summed E-state index contributed by atoms with van der Waals surface area (Å²) in [6.45, 7) is 3.41. The van der Waals surface area contributed by atoms with Gasteiger partial charge in [0.2, 0.25) is 0 Å². The van der Waals surface area contributed by atoms with E-state index in [9.17, 15) is 9.18 Å². The van der Waals surface area contributed by atoms with Crippen molar-refractivity contribution < 1.29 is 23.8 Å². The predicted molar refractivity (Wildman–Crippen MR) is 63.7 cm³/mol. The smallest absolute Gasteiger partial charge is 0.347 e. The molecule has 1 unspecified atom stereocenters. The van der Waals surface area contributed by atoms with Crippen LogP contribution in [-0.2, 0) is 16.1 Å². The van der Waals surface area contributed by atoms with Crippen molar-refractivity contribution in [3.63, 3.8) is 0 Å². The Kier molecular flexibility index (Phi) is 5.58. The van der Waals surface area contributed by atoms with Gasteiger partial charge in [0.25, 0.3) is 0 Å². The first kappa shape index (κ1) is 14.4. The summed E-state index contributed by atoms with van der Waals surface area (Å²) < 4.78 is 23.3. The molecule has 4 nitrogen and oxygen atoms in total. The standard InChI is InChI=1S/C13H17FO4/c1-3-11(13(16)17-4-2)18-12-6-5-10(14)7-9(12)8-15/h5-7,11,15H,3-4,8H2,1-2H3. The first-order valence-electron chi connectivity index (χ1n) is 5.84. The maximum atomic E-state index is 13.0. The fourth-order valence-corrected chi connectivity index (χ4v) is 1.47. The Morgan fingerprint density at radius 1 is 1.44 bits per heavy atom. The quantitative estimate of drug-likeness (QED) is 0.791. The summed E-state index contributed by atoms with van der Waals surface area (Å²) in [7, 11) is 0. The molecule has 1 rings (SSSR count). The zero-order valence-electron chi connectivity index (χ0n) is 10.5. The number of aliphatic hydroxyl groups excluding tert-OH is 1.